The van der Waals surface area contributed by atoms with Gasteiger partial charge in [0.1, 0.15) is 16.8 Å². The van der Waals surface area contributed by atoms with Gasteiger partial charge in [-0.15, -0.1) is 0 Å². The highest BCUT2D eigenvalue weighted by atomic mass is 35.5. The average molecular weight is 298 g/mol. The van der Waals surface area contributed by atoms with Gasteiger partial charge in [-0.25, -0.2) is 9.97 Å². The van der Waals surface area contributed by atoms with E-state index in [2.05, 4.69) is 44.5 Å². The number of ether oxygens (including phenoxy) is 1. The molecule has 0 bridgehead atoms. The highest BCUT2D eigenvalue weighted by Gasteiger charge is 2.33. The molecule has 0 aromatic carbocycles. The minimum Gasteiger partial charge on any atom is -0.369 e. The van der Waals surface area contributed by atoms with Gasteiger partial charge >= 0.3 is 0 Å². The normalized spacial score (nSPS) is 22.4. The van der Waals surface area contributed by atoms with E-state index in [4.69, 9.17) is 21.3 Å². The third kappa shape index (κ3) is 3.23. The van der Waals surface area contributed by atoms with Crippen LogP contribution in [0.4, 0.5) is 5.82 Å². The van der Waals surface area contributed by atoms with Crippen molar-refractivity contribution >= 4 is 17.4 Å². The number of hydrogen-bond acceptors (Lipinski definition) is 4. The molecule has 4 nitrogen and oxygen atoms in total. The number of halogens is 1. The van der Waals surface area contributed by atoms with Gasteiger partial charge in [-0.05, 0) is 27.7 Å². The van der Waals surface area contributed by atoms with Gasteiger partial charge in [0.2, 0.25) is 0 Å². The van der Waals surface area contributed by atoms with Gasteiger partial charge in [0, 0.05) is 24.6 Å². The van der Waals surface area contributed by atoms with Gasteiger partial charge in [0.05, 0.1) is 11.7 Å². The molecule has 1 aliphatic heterocycles. The summed E-state index contributed by atoms with van der Waals surface area (Å²) in [5, 5.41) is 0.552. The topological polar surface area (TPSA) is 38.2 Å². The van der Waals surface area contributed by atoms with Crippen LogP contribution >= 0.6 is 11.6 Å². The summed E-state index contributed by atoms with van der Waals surface area (Å²) in [5.74, 6) is 2.00. The van der Waals surface area contributed by atoms with E-state index >= 15 is 0 Å². The summed E-state index contributed by atoms with van der Waals surface area (Å²) in [4.78, 5) is 11.4. The quantitative estimate of drug-likeness (QED) is 0.782. The number of rotatable bonds is 2. The molecule has 5 heteroatoms. The standard InChI is InChI=1S/C15H24ClN3O/c1-9(2)13-17-12(16)11(4)14(18-13)19-7-10(3)20-15(5,6)8-19/h9-10H,7-8H2,1-6H3. The zero-order chi connectivity index (χ0) is 15.1. The molecule has 1 aromatic heterocycles. The van der Waals surface area contributed by atoms with E-state index in [1.54, 1.807) is 0 Å². The molecule has 0 spiro atoms. The van der Waals surface area contributed by atoms with Crippen LogP contribution in [0.1, 0.15) is 51.9 Å². The monoisotopic (exact) mass is 297 g/mol. The zero-order valence-corrected chi connectivity index (χ0v) is 14.0. The van der Waals surface area contributed by atoms with Crippen molar-refractivity contribution in [3.8, 4) is 0 Å². The minimum absolute atomic E-state index is 0.175. The van der Waals surface area contributed by atoms with Crippen LogP contribution in [0.25, 0.3) is 0 Å². The molecule has 1 aliphatic rings. The summed E-state index contributed by atoms with van der Waals surface area (Å²) in [6.45, 7) is 14.1. The predicted octanol–water partition coefficient (Wildman–Crippen LogP) is 3.57. The average Bonchev–Trinajstić information content (AvgIpc) is 2.29. The van der Waals surface area contributed by atoms with Crippen molar-refractivity contribution in [3.05, 3.63) is 16.5 Å². The van der Waals surface area contributed by atoms with Gasteiger partial charge in [0.15, 0.2) is 0 Å². The lowest BCUT2D eigenvalue weighted by Crippen LogP contribution is -2.52. The Morgan fingerprint density at radius 2 is 2.00 bits per heavy atom. The van der Waals surface area contributed by atoms with Crippen LogP contribution in [0.3, 0.4) is 0 Å². The van der Waals surface area contributed by atoms with Gasteiger partial charge in [0.25, 0.3) is 0 Å². The summed E-state index contributed by atoms with van der Waals surface area (Å²) in [6.07, 6.45) is 0.175. The zero-order valence-electron chi connectivity index (χ0n) is 13.2. The lowest BCUT2D eigenvalue weighted by atomic mass is 10.1. The van der Waals surface area contributed by atoms with E-state index in [-0.39, 0.29) is 17.6 Å². The largest absolute Gasteiger partial charge is 0.369 e. The Balaban J connectivity index is 2.41. The third-order valence-corrected chi connectivity index (χ3v) is 3.83. The maximum Gasteiger partial charge on any atom is 0.137 e. The molecule has 0 radical (unpaired) electrons. The fourth-order valence-corrected chi connectivity index (χ4v) is 2.85. The Bertz CT molecular complexity index is 502. The number of anilines is 1. The lowest BCUT2D eigenvalue weighted by molar-refractivity contribution is -0.0752. The van der Waals surface area contributed by atoms with Crippen molar-refractivity contribution in [2.45, 2.75) is 59.2 Å². The molecule has 1 unspecified atom stereocenters. The SMILES string of the molecule is Cc1c(Cl)nc(C(C)C)nc1N1CC(C)OC(C)(C)C1. The van der Waals surface area contributed by atoms with E-state index in [1.165, 1.54) is 0 Å². The number of aromatic nitrogens is 2. The molecule has 20 heavy (non-hydrogen) atoms. The Hall–Kier alpha value is -0.870. The Labute approximate surface area is 126 Å². The highest BCUT2D eigenvalue weighted by Crippen LogP contribution is 2.30. The molecule has 0 saturated carbocycles. The van der Waals surface area contributed by atoms with Gasteiger partial charge in [-0.1, -0.05) is 25.4 Å². The first kappa shape index (κ1) is 15.5. The van der Waals surface area contributed by atoms with Crippen LogP contribution in [0.2, 0.25) is 5.15 Å². The second kappa shape index (κ2) is 5.49. The molecule has 1 saturated heterocycles. The van der Waals surface area contributed by atoms with Crippen molar-refractivity contribution in [1.29, 1.82) is 0 Å². The summed E-state index contributed by atoms with van der Waals surface area (Å²) >= 11 is 6.28. The van der Waals surface area contributed by atoms with Crippen LogP contribution in [0.5, 0.6) is 0 Å². The lowest BCUT2D eigenvalue weighted by Gasteiger charge is -2.42. The second-order valence-electron chi connectivity index (χ2n) is 6.54. The molecule has 0 amide bonds. The molecule has 2 heterocycles. The van der Waals surface area contributed by atoms with Crippen LogP contribution in [0, 0.1) is 6.92 Å². The molecular weight excluding hydrogens is 274 g/mol. The smallest absolute Gasteiger partial charge is 0.137 e. The molecular formula is C15H24ClN3O. The molecule has 2 rings (SSSR count). The van der Waals surface area contributed by atoms with E-state index in [0.29, 0.717) is 5.15 Å². The van der Waals surface area contributed by atoms with E-state index in [0.717, 1.165) is 30.3 Å². The Morgan fingerprint density at radius 3 is 2.55 bits per heavy atom. The van der Waals surface area contributed by atoms with E-state index in [1.807, 2.05) is 6.92 Å². The number of hydrogen-bond donors (Lipinski definition) is 0. The molecule has 112 valence electrons. The predicted molar refractivity (Wildman–Crippen MR) is 82.7 cm³/mol. The summed E-state index contributed by atoms with van der Waals surface area (Å²) in [6, 6.07) is 0. The van der Waals surface area contributed by atoms with Gasteiger partial charge in [-0.2, -0.15) is 0 Å². The molecule has 1 atom stereocenters. The van der Waals surface area contributed by atoms with Crippen molar-refractivity contribution in [3.63, 3.8) is 0 Å². The van der Waals surface area contributed by atoms with Gasteiger partial charge < -0.3 is 9.64 Å². The van der Waals surface area contributed by atoms with Crippen LogP contribution in [0.15, 0.2) is 0 Å². The van der Waals surface area contributed by atoms with E-state index in [9.17, 15) is 0 Å². The third-order valence-electron chi connectivity index (χ3n) is 3.46. The first-order chi connectivity index (χ1) is 9.19. The van der Waals surface area contributed by atoms with Crippen LogP contribution in [-0.4, -0.2) is 34.8 Å². The van der Waals surface area contributed by atoms with Crippen molar-refractivity contribution < 1.29 is 4.74 Å². The minimum atomic E-state index is -0.181. The first-order valence-corrected chi connectivity index (χ1v) is 7.54. The van der Waals surface area contributed by atoms with Gasteiger partial charge in [-0.3, -0.25) is 0 Å². The fourth-order valence-electron chi connectivity index (χ4n) is 2.68. The number of nitrogens with zero attached hydrogens (tertiary/aromatic N) is 3. The summed E-state index contributed by atoms with van der Waals surface area (Å²) < 4.78 is 5.96. The Kier molecular flexibility index (Phi) is 4.26. The van der Waals surface area contributed by atoms with Crippen molar-refractivity contribution in [2.75, 3.05) is 18.0 Å². The van der Waals surface area contributed by atoms with Crippen molar-refractivity contribution in [2.24, 2.45) is 0 Å². The van der Waals surface area contributed by atoms with Crippen molar-refractivity contribution in [1.82, 2.24) is 9.97 Å². The molecule has 0 N–H and O–H groups in total. The van der Waals surface area contributed by atoms with E-state index < -0.39 is 0 Å². The van der Waals surface area contributed by atoms with Crippen LogP contribution < -0.4 is 4.90 Å². The maximum absolute atomic E-state index is 6.28. The molecule has 0 aliphatic carbocycles. The first-order valence-electron chi connectivity index (χ1n) is 7.16. The second-order valence-corrected chi connectivity index (χ2v) is 6.90. The summed E-state index contributed by atoms with van der Waals surface area (Å²) in [5.41, 5.74) is 0.764. The fraction of sp³-hybridized carbons (Fsp3) is 0.733. The highest BCUT2D eigenvalue weighted by molar-refractivity contribution is 6.30. The Morgan fingerprint density at radius 1 is 1.35 bits per heavy atom. The van der Waals surface area contributed by atoms with Crippen LogP contribution in [-0.2, 0) is 4.74 Å². The number of morpholine rings is 1. The maximum atomic E-state index is 6.28. The molecule has 1 aromatic rings. The summed E-state index contributed by atoms with van der Waals surface area (Å²) in [7, 11) is 0. The molecule has 1 fully saturated rings.